The smallest absolute Gasteiger partial charge is 0.252 e. The van der Waals surface area contributed by atoms with Gasteiger partial charge in [-0.3, -0.25) is 4.79 Å². The first-order valence-corrected chi connectivity index (χ1v) is 10.5. The van der Waals surface area contributed by atoms with Gasteiger partial charge in [0.05, 0.1) is 10.5 Å². The molecular formula is C18H18BrF2NO3S. The van der Waals surface area contributed by atoms with E-state index in [2.05, 4.69) is 21.2 Å². The maximum absolute atomic E-state index is 13.2. The third-order valence-corrected chi connectivity index (χ3v) is 5.64. The number of rotatable bonds is 6. The second-order valence-electron chi connectivity index (χ2n) is 6.08. The molecule has 0 fully saturated rings. The Morgan fingerprint density at radius 2 is 1.85 bits per heavy atom. The van der Waals surface area contributed by atoms with Crippen molar-refractivity contribution in [1.29, 1.82) is 0 Å². The Hall–Kier alpha value is -1.80. The second-order valence-corrected chi connectivity index (χ2v) is 8.95. The van der Waals surface area contributed by atoms with E-state index in [-0.39, 0.29) is 16.5 Å². The largest absolute Gasteiger partial charge is 0.350 e. The highest BCUT2D eigenvalue weighted by atomic mass is 79.9. The third kappa shape index (κ3) is 5.35. The van der Waals surface area contributed by atoms with Crippen molar-refractivity contribution in [3.05, 3.63) is 63.6 Å². The van der Waals surface area contributed by atoms with Crippen LogP contribution in [0, 0.1) is 11.6 Å². The van der Waals surface area contributed by atoms with Crippen molar-refractivity contribution >= 4 is 31.7 Å². The quantitative estimate of drug-likeness (QED) is 0.733. The molecule has 2 rings (SSSR count). The monoisotopic (exact) mass is 445 g/mol. The van der Waals surface area contributed by atoms with Crippen LogP contribution in [0.3, 0.4) is 0 Å². The molecule has 1 amide bonds. The standard InChI is InChI=1S/C18H18BrF2NO3S/c1-11(3-4-12-5-8-16(20)17(21)9-12)22-18(23)14-10-13(26(2,24)25)6-7-15(14)19/h5-11H,3-4H2,1-2H3,(H,22,23). The van der Waals surface area contributed by atoms with E-state index >= 15 is 0 Å². The predicted molar refractivity (Wildman–Crippen MR) is 98.9 cm³/mol. The van der Waals surface area contributed by atoms with Crippen LogP contribution in [0.4, 0.5) is 8.78 Å². The molecule has 8 heteroatoms. The van der Waals surface area contributed by atoms with E-state index in [9.17, 15) is 22.0 Å². The lowest BCUT2D eigenvalue weighted by Gasteiger charge is -2.15. The summed E-state index contributed by atoms with van der Waals surface area (Å²) in [5.74, 6) is -2.22. The number of amides is 1. The molecule has 140 valence electrons. The molecule has 0 spiro atoms. The molecule has 0 radical (unpaired) electrons. The van der Waals surface area contributed by atoms with Gasteiger partial charge in [-0.05, 0) is 71.6 Å². The number of hydrogen-bond acceptors (Lipinski definition) is 3. The van der Waals surface area contributed by atoms with Crippen molar-refractivity contribution in [2.24, 2.45) is 0 Å². The van der Waals surface area contributed by atoms with Crippen LogP contribution < -0.4 is 5.32 Å². The van der Waals surface area contributed by atoms with Crippen LogP contribution in [-0.2, 0) is 16.3 Å². The zero-order valence-corrected chi connectivity index (χ0v) is 16.6. The van der Waals surface area contributed by atoms with E-state index in [1.54, 1.807) is 6.92 Å². The lowest BCUT2D eigenvalue weighted by atomic mass is 10.1. The van der Waals surface area contributed by atoms with Crippen molar-refractivity contribution in [3.8, 4) is 0 Å². The molecule has 0 aliphatic carbocycles. The summed E-state index contributed by atoms with van der Waals surface area (Å²) in [6.07, 6.45) is 2.05. The van der Waals surface area contributed by atoms with E-state index in [1.807, 2.05) is 0 Å². The van der Waals surface area contributed by atoms with E-state index in [0.29, 0.717) is 22.9 Å². The summed E-state index contributed by atoms with van der Waals surface area (Å²) in [5.41, 5.74) is 0.845. The molecule has 0 aliphatic heterocycles. The Labute approximate surface area is 159 Å². The van der Waals surface area contributed by atoms with E-state index < -0.39 is 27.4 Å². The molecule has 26 heavy (non-hydrogen) atoms. The molecule has 1 N–H and O–H groups in total. The summed E-state index contributed by atoms with van der Waals surface area (Å²) in [7, 11) is -3.42. The normalized spacial score (nSPS) is 12.7. The van der Waals surface area contributed by atoms with Gasteiger partial charge in [0, 0.05) is 16.8 Å². The summed E-state index contributed by atoms with van der Waals surface area (Å²) in [6.45, 7) is 1.78. The van der Waals surface area contributed by atoms with Crippen molar-refractivity contribution in [3.63, 3.8) is 0 Å². The van der Waals surface area contributed by atoms with Gasteiger partial charge in [0.1, 0.15) is 0 Å². The average Bonchev–Trinajstić information content (AvgIpc) is 2.55. The van der Waals surface area contributed by atoms with Crippen molar-refractivity contribution in [2.45, 2.75) is 30.7 Å². The molecule has 0 aliphatic rings. The maximum atomic E-state index is 13.2. The van der Waals surface area contributed by atoms with Crippen molar-refractivity contribution < 1.29 is 22.0 Å². The number of benzene rings is 2. The summed E-state index contributed by atoms with van der Waals surface area (Å²) in [6, 6.07) is 7.71. The first-order valence-electron chi connectivity index (χ1n) is 7.82. The first-order chi connectivity index (χ1) is 12.1. The molecule has 0 heterocycles. The Morgan fingerprint density at radius 1 is 1.15 bits per heavy atom. The van der Waals surface area contributed by atoms with Gasteiger partial charge in [0.15, 0.2) is 21.5 Å². The summed E-state index contributed by atoms with van der Waals surface area (Å²) >= 11 is 3.25. The number of hydrogen-bond donors (Lipinski definition) is 1. The van der Waals surface area contributed by atoms with Crippen molar-refractivity contribution in [1.82, 2.24) is 5.32 Å². The highest BCUT2D eigenvalue weighted by Crippen LogP contribution is 2.21. The minimum atomic E-state index is -3.42. The van der Waals surface area contributed by atoms with Gasteiger partial charge in [0.25, 0.3) is 5.91 Å². The van der Waals surface area contributed by atoms with Crippen LogP contribution in [0.5, 0.6) is 0 Å². The Bertz CT molecular complexity index is 932. The fourth-order valence-corrected chi connectivity index (χ4v) is 3.43. The fourth-order valence-electron chi connectivity index (χ4n) is 2.36. The Balaban J connectivity index is 2.03. The Kier molecular flexibility index (Phi) is 6.52. The molecule has 2 aromatic carbocycles. The topological polar surface area (TPSA) is 63.2 Å². The number of sulfone groups is 1. The maximum Gasteiger partial charge on any atom is 0.252 e. The Morgan fingerprint density at radius 3 is 2.46 bits per heavy atom. The zero-order chi connectivity index (χ0) is 19.5. The van der Waals surface area contributed by atoms with Gasteiger partial charge >= 0.3 is 0 Å². The zero-order valence-electron chi connectivity index (χ0n) is 14.2. The van der Waals surface area contributed by atoms with E-state index in [4.69, 9.17) is 0 Å². The van der Waals surface area contributed by atoms with Crippen LogP contribution in [-0.4, -0.2) is 26.6 Å². The average molecular weight is 446 g/mol. The summed E-state index contributed by atoms with van der Waals surface area (Å²) < 4.78 is 49.9. The number of nitrogens with one attached hydrogen (secondary N) is 1. The lowest BCUT2D eigenvalue weighted by molar-refractivity contribution is 0.0937. The second kappa shape index (κ2) is 8.26. The summed E-state index contributed by atoms with van der Waals surface area (Å²) in [5, 5.41) is 2.78. The number of aryl methyl sites for hydroxylation is 1. The van der Waals surface area contributed by atoms with Crippen LogP contribution in [0.2, 0.25) is 0 Å². The first kappa shape index (κ1) is 20.5. The number of halogens is 3. The van der Waals surface area contributed by atoms with Crippen LogP contribution in [0.25, 0.3) is 0 Å². The minimum Gasteiger partial charge on any atom is -0.350 e. The molecule has 4 nitrogen and oxygen atoms in total. The predicted octanol–water partition coefficient (Wildman–Crippen LogP) is 3.88. The van der Waals surface area contributed by atoms with Crippen LogP contribution in [0.15, 0.2) is 45.8 Å². The molecule has 0 aromatic heterocycles. The van der Waals surface area contributed by atoms with Gasteiger partial charge in [-0.1, -0.05) is 6.07 Å². The highest BCUT2D eigenvalue weighted by molar-refractivity contribution is 9.10. The number of carbonyl (C=O) groups excluding carboxylic acids is 1. The molecular weight excluding hydrogens is 428 g/mol. The minimum absolute atomic E-state index is 0.0558. The van der Waals surface area contributed by atoms with Gasteiger partial charge in [-0.15, -0.1) is 0 Å². The molecule has 0 bridgehead atoms. The molecule has 1 unspecified atom stereocenters. The molecule has 2 aromatic rings. The van der Waals surface area contributed by atoms with Gasteiger partial charge in [-0.25, -0.2) is 17.2 Å². The van der Waals surface area contributed by atoms with Crippen LogP contribution in [0.1, 0.15) is 29.3 Å². The van der Waals surface area contributed by atoms with E-state index in [1.165, 1.54) is 24.3 Å². The number of carbonyl (C=O) groups is 1. The summed E-state index contributed by atoms with van der Waals surface area (Å²) in [4.78, 5) is 12.5. The lowest BCUT2D eigenvalue weighted by Crippen LogP contribution is -2.33. The highest BCUT2D eigenvalue weighted by Gasteiger charge is 2.17. The van der Waals surface area contributed by atoms with Crippen molar-refractivity contribution in [2.75, 3.05) is 6.26 Å². The van der Waals surface area contributed by atoms with Crippen LogP contribution >= 0.6 is 15.9 Å². The molecule has 0 saturated carbocycles. The SMILES string of the molecule is CC(CCc1ccc(F)c(F)c1)NC(=O)c1cc(S(C)(=O)=O)ccc1Br. The van der Waals surface area contributed by atoms with E-state index in [0.717, 1.165) is 18.4 Å². The third-order valence-electron chi connectivity index (χ3n) is 3.84. The molecule has 0 saturated heterocycles. The fraction of sp³-hybridized carbons (Fsp3) is 0.278. The van der Waals surface area contributed by atoms with Gasteiger partial charge in [-0.2, -0.15) is 0 Å². The van der Waals surface area contributed by atoms with Gasteiger partial charge < -0.3 is 5.32 Å². The molecule has 1 atom stereocenters. The van der Waals surface area contributed by atoms with Gasteiger partial charge in [0.2, 0.25) is 0 Å².